The number of ether oxygens (including phenoxy) is 1. The Morgan fingerprint density at radius 1 is 1.42 bits per heavy atom. The van der Waals surface area contributed by atoms with Crippen molar-refractivity contribution in [3.05, 3.63) is 35.9 Å². The van der Waals surface area contributed by atoms with Gasteiger partial charge in [0.05, 0.1) is 0 Å². The van der Waals surface area contributed by atoms with Crippen molar-refractivity contribution in [1.82, 2.24) is 4.90 Å². The summed E-state index contributed by atoms with van der Waals surface area (Å²) in [6.07, 6.45) is 0.490. The summed E-state index contributed by atoms with van der Waals surface area (Å²) in [7, 11) is 0. The number of likely N-dealkylation sites (tertiary alicyclic amines) is 1. The lowest BCUT2D eigenvalue weighted by atomic mass is 9.98. The van der Waals surface area contributed by atoms with Crippen LogP contribution in [-0.4, -0.2) is 30.0 Å². The molecule has 5 heteroatoms. The minimum Gasteiger partial charge on any atom is -0.443 e. The molecule has 0 aliphatic carbocycles. The monoisotopic (exact) mass is 261 g/mol. The van der Waals surface area contributed by atoms with Gasteiger partial charge in [-0.2, -0.15) is 0 Å². The maximum Gasteiger partial charge on any atom is 0.437 e. The van der Waals surface area contributed by atoms with Gasteiger partial charge in [0.15, 0.2) is 0 Å². The minimum absolute atomic E-state index is 0.216. The second-order valence-electron chi connectivity index (χ2n) is 4.69. The van der Waals surface area contributed by atoms with E-state index in [2.05, 4.69) is 11.9 Å². The average Bonchev–Trinajstić information content (AvgIpc) is 2.36. The fraction of sp³-hybridized carbons (Fsp3) is 0.429. The molecule has 0 atom stereocenters. The molecule has 1 aliphatic rings. The molecule has 2 rings (SSSR count). The van der Waals surface area contributed by atoms with Gasteiger partial charge in [0.2, 0.25) is 5.96 Å². The molecule has 0 bridgehead atoms. The number of nitrogens with zero attached hydrogens (tertiary/aromatic N) is 2. The van der Waals surface area contributed by atoms with Gasteiger partial charge >= 0.3 is 6.09 Å². The quantitative estimate of drug-likeness (QED) is 0.667. The lowest BCUT2D eigenvalue weighted by Crippen LogP contribution is -2.53. The van der Waals surface area contributed by atoms with Gasteiger partial charge in [0, 0.05) is 13.1 Å². The molecular weight excluding hydrogens is 242 g/mol. The number of aliphatic imine (C=N–C) groups is 1. The highest BCUT2D eigenvalue weighted by molar-refractivity contribution is 5.89. The third-order valence-electron chi connectivity index (χ3n) is 3.27. The van der Waals surface area contributed by atoms with E-state index in [1.54, 1.807) is 0 Å². The molecule has 1 aromatic rings. The van der Waals surface area contributed by atoms with E-state index in [1.165, 1.54) is 0 Å². The second kappa shape index (κ2) is 6.22. The van der Waals surface area contributed by atoms with Crippen LogP contribution in [-0.2, 0) is 11.3 Å². The lowest BCUT2D eigenvalue weighted by Gasteiger charge is -2.39. The first-order valence-electron chi connectivity index (χ1n) is 6.48. The summed E-state index contributed by atoms with van der Waals surface area (Å²) in [5.74, 6) is 0.914. The van der Waals surface area contributed by atoms with Gasteiger partial charge in [-0.1, -0.05) is 37.3 Å². The van der Waals surface area contributed by atoms with Crippen LogP contribution in [0.4, 0.5) is 4.79 Å². The van der Waals surface area contributed by atoms with Crippen LogP contribution in [0.15, 0.2) is 35.3 Å². The van der Waals surface area contributed by atoms with E-state index in [0.29, 0.717) is 5.92 Å². The van der Waals surface area contributed by atoms with Crippen LogP contribution >= 0.6 is 0 Å². The maximum absolute atomic E-state index is 11.5. The number of guanidine groups is 1. The topological polar surface area (TPSA) is 67.9 Å². The molecule has 1 heterocycles. The van der Waals surface area contributed by atoms with Gasteiger partial charge < -0.3 is 15.4 Å². The molecule has 5 nitrogen and oxygen atoms in total. The lowest BCUT2D eigenvalue weighted by molar-refractivity contribution is 0.147. The second-order valence-corrected chi connectivity index (χ2v) is 4.69. The van der Waals surface area contributed by atoms with E-state index < -0.39 is 6.09 Å². The normalized spacial score (nSPS) is 16.1. The first-order chi connectivity index (χ1) is 9.19. The van der Waals surface area contributed by atoms with Crippen LogP contribution in [0.5, 0.6) is 0 Å². The molecule has 1 fully saturated rings. The van der Waals surface area contributed by atoms with Crippen LogP contribution in [0.25, 0.3) is 0 Å². The molecule has 0 radical (unpaired) electrons. The summed E-state index contributed by atoms with van der Waals surface area (Å²) >= 11 is 0. The van der Waals surface area contributed by atoms with Gasteiger partial charge in [-0.25, -0.2) is 4.79 Å². The van der Waals surface area contributed by atoms with Crippen molar-refractivity contribution < 1.29 is 9.53 Å². The first kappa shape index (κ1) is 13.4. The minimum atomic E-state index is -0.638. The van der Waals surface area contributed by atoms with E-state index in [1.807, 2.05) is 35.2 Å². The fourth-order valence-electron chi connectivity index (χ4n) is 1.93. The predicted molar refractivity (Wildman–Crippen MR) is 73.6 cm³/mol. The van der Waals surface area contributed by atoms with Gasteiger partial charge in [0.25, 0.3) is 0 Å². The standard InChI is InChI=1S/C14H19N3O2/c1-2-11-8-17(9-11)13(15)16-14(18)19-10-12-6-4-3-5-7-12/h3-7,11H,2,8-10H2,1H3,(H2,15,16,18). The number of carbonyl (C=O) groups excluding carboxylic acids is 1. The van der Waals surface area contributed by atoms with Crippen LogP contribution in [0.2, 0.25) is 0 Å². The molecule has 1 saturated heterocycles. The highest BCUT2D eigenvalue weighted by atomic mass is 16.5. The summed E-state index contributed by atoms with van der Waals surface area (Å²) in [6.45, 7) is 4.10. The maximum atomic E-state index is 11.5. The Kier molecular flexibility index (Phi) is 4.39. The fourth-order valence-corrected chi connectivity index (χ4v) is 1.93. The Morgan fingerprint density at radius 2 is 2.11 bits per heavy atom. The number of amides is 1. The van der Waals surface area contributed by atoms with Gasteiger partial charge in [-0.15, -0.1) is 4.99 Å². The summed E-state index contributed by atoms with van der Waals surface area (Å²) in [5.41, 5.74) is 6.67. The molecule has 1 aliphatic heterocycles. The zero-order chi connectivity index (χ0) is 13.7. The summed E-state index contributed by atoms with van der Waals surface area (Å²) < 4.78 is 5.04. The molecule has 102 valence electrons. The number of carbonyl (C=O) groups is 1. The van der Waals surface area contributed by atoms with E-state index in [9.17, 15) is 4.79 Å². The van der Waals surface area contributed by atoms with Crippen LogP contribution in [0.3, 0.4) is 0 Å². The highest BCUT2D eigenvalue weighted by Gasteiger charge is 2.26. The van der Waals surface area contributed by atoms with Crippen LogP contribution in [0.1, 0.15) is 18.9 Å². The van der Waals surface area contributed by atoms with E-state index in [0.717, 1.165) is 25.1 Å². The number of nitrogens with two attached hydrogens (primary N) is 1. The van der Waals surface area contributed by atoms with Gasteiger partial charge in [-0.05, 0) is 17.9 Å². The van der Waals surface area contributed by atoms with Crippen molar-refractivity contribution in [2.24, 2.45) is 16.6 Å². The first-order valence-corrected chi connectivity index (χ1v) is 6.48. The van der Waals surface area contributed by atoms with Crippen molar-refractivity contribution in [2.75, 3.05) is 13.1 Å². The van der Waals surface area contributed by atoms with Gasteiger partial charge in [-0.3, -0.25) is 0 Å². The molecule has 0 saturated carbocycles. The Labute approximate surface area is 113 Å². The third-order valence-corrected chi connectivity index (χ3v) is 3.27. The predicted octanol–water partition coefficient (Wildman–Crippen LogP) is 1.98. The van der Waals surface area contributed by atoms with Crippen LogP contribution in [0, 0.1) is 5.92 Å². The number of hydrogen-bond donors (Lipinski definition) is 1. The Morgan fingerprint density at radius 3 is 2.74 bits per heavy atom. The molecular formula is C14H19N3O2. The number of hydrogen-bond acceptors (Lipinski definition) is 2. The Balaban J connectivity index is 1.77. The molecule has 19 heavy (non-hydrogen) atoms. The van der Waals surface area contributed by atoms with E-state index >= 15 is 0 Å². The van der Waals surface area contributed by atoms with Crippen molar-refractivity contribution >= 4 is 12.1 Å². The SMILES string of the molecule is CCC1CN(C(N)=NC(=O)OCc2ccccc2)C1. The summed E-state index contributed by atoms with van der Waals surface area (Å²) in [4.78, 5) is 17.1. The largest absolute Gasteiger partial charge is 0.443 e. The molecule has 0 aromatic heterocycles. The molecule has 1 amide bonds. The van der Waals surface area contributed by atoms with Crippen molar-refractivity contribution in [2.45, 2.75) is 20.0 Å². The third kappa shape index (κ3) is 3.71. The van der Waals surface area contributed by atoms with Crippen molar-refractivity contribution in [3.8, 4) is 0 Å². The van der Waals surface area contributed by atoms with Crippen molar-refractivity contribution in [1.29, 1.82) is 0 Å². The highest BCUT2D eigenvalue weighted by Crippen LogP contribution is 2.17. The molecule has 0 unspecified atom stereocenters. The number of benzene rings is 1. The molecule has 1 aromatic carbocycles. The summed E-state index contributed by atoms with van der Waals surface area (Å²) in [6, 6.07) is 9.48. The number of rotatable bonds is 3. The zero-order valence-corrected chi connectivity index (χ0v) is 11.1. The van der Waals surface area contributed by atoms with E-state index in [4.69, 9.17) is 10.5 Å². The Hall–Kier alpha value is -2.04. The molecule has 2 N–H and O–H groups in total. The average molecular weight is 261 g/mol. The molecule has 0 spiro atoms. The van der Waals surface area contributed by atoms with Crippen LogP contribution < -0.4 is 5.73 Å². The smallest absolute Gasteiger partial charge is 0.437 e. The van der Waals surface area contributed by atoms with E-state index in [-0.39, 0.29) is 12.6 Å². The Bertz CT molecular complexity index is 453. The summed E-state index contributed by atoms with van der Waals surface area (Å²) in [5, 5.41) is 0. The van der Waals surface area contributed by atoms with Crippen molar-refractivity contribution in [3.63, 3.8) is 0 Å². The zero-order valence-electron chi connectivity index (χ0n) is 11.1. The van der Waals surface area contributed by atoms with Gasteiger partial charge in [0.1, 0.15) is 6.61 Å².